The summed E-state index contributed by atoms with van der Waals surface area (Å²) in [6.45, 7) is 14.3. The van der Waals surface area contributed by atoms with E-state index in [1.807, 2.05) is 0 Å². The zero-order valence-electron chi connectivity index (χ0n) is 19.0. The van der Waals surface area contributed by atoms with Gasteiger partial charge in [-0.2, -0.15) is 0 Å². The highest BCUT2D eigenvalue weighted by Crippen LogP contribution is 1.98. The highest BCUT2D eigenvalue weighted by Gasteiger charge is 1.95. The van der Waals surface area contributed by atoms with Crippen LogP contribution in [0.2, 0.25) is 0 Å². The summed E-state index contributed by atoms with van der Waals surface area (Å²) in [5.74, 6) is 0. The highest BCUT2D eigenvalue weighted by atomic mass is 16.6. The Labute approximate surface area is 183 Å². The topological polar surface area (TPSA) is 73.8 Å². The lowest BCUT2D eigenvalue weighted by Crippen LogP contribution is -2.14. The monoisotopic (exact) mass is 436 g/mol. The second kappa shape index (κ2) is 28.3. The van der Waals surface area contributed by atoms with Crippen LogP contribution in [0.1, 0.15) is 32.6 Å². The van der Waals surface area contributed by atoms with Crippen molar-refractivity contribution in [1.29, 1.82) is 0 Å². The molecule has 0 aromatic carbocycles. The molecule has 0 rings (SSSR count). The van der Waals surface area contributed by atoms with Crippen molar-refractivity contribution >= 4 is 0 Å². The molecule has 0 fully saturated rings. The molecule has 0 saturated heterocycles. The molecule has 0 saturated carbocycles. The van der Waals surface area contributed by atoms with E-state index >= 15 is 0 Å². The molecule has 8 heteroatoms. The quantitative estimate of drug-likeness (QED) is 0.144. The van der Waals surface area contributed by atoms with Crippen LogP contribution in [0.3, 0.4) is 0 Å². The van der Waals surface area contributed by atoms with Gasteiger partial charge < -0.3 is 37.9 Å². The zero-order chi connectivity index (χ0) is 21.8. The maximum Gasteiger partial charge on any atom is 0.111 e. The Bertz CT molecular complexity index is 318. The Morgan fingerprint density at radius 2 is 0.767 bits per heavy atom. The third kappa shape index (κ3) is 27.3. The van der Waals surface area contributed by atoms with Crippen LogP contribution in [0, 0.1) is 0 Å². The van der Waals surface area contributed by atoms with Crippen LogP contribution in [0.4, 0.5) is 0 Å². The zero-order valence-corrected chi connectivity index (χ0v) is 19.0. The highest BCUT2D eigenvalue weighted by molar-refractivity contribution is 4.47. The van der Waals surface area contributed by atoms with E-state index in [9.17, 15) is 0 Å². The number of unbranched alkanes of at least 4 members (excludes halogenated alkanes) is 3. The van der Waals surface area contributed by atoms with Gasteiger partial charge in [0.15, 0.2) is 0 Å². The molecule has 0 heterocycles. The average molecular weight is 437 g/mol. The average Bonchev–Trinajstić information content (AvgIpc) is 2.76. The van der Waals surface area contributed by atoms with Gasteiger partial charge in [0.05, 0.1) is 92.2 Å². The van der Waals surface area contributed by atoms with Gasteiger partial charge in [-0.3, -0.25) is 0 Å². The summed E-state index contributed by atoms with van der Waals surface area (Å²) in [5, 5.41) is 0. The van der Waals surface area contributed by atoms with Gasteiger partial charge in [0.1, 0.15) is 6.61 Å². The summed E-state index contributed by atoms with van der Waals surface area (Å²) < 4.78 is 42.9. The number of hydrogen-bond donors (Lipinski definition) is 0. The molecule has 0 bridgehead atoms. The molecule has 0 aromatic rings. The lowest BCUT2D eigenvalue weighted by molar-refractivity contribution is -0.0217. The van der Waals surface area contributed by atoms with Gasteiger partial charge in [-0.25, -0.2) is 0 Å². The molecule has 0 atom stereocenters. The molecule has 0 spiro atoms. The van der Waals surface area contributed by atoms with E-state index < -0.39 is 0 Å². The van der Waals surface area contributed by atoms with Crippen molar-refractivity contribution in [2.24, 2.45) is 0 Å². The van der Waals surface area contributed by atoms with E-state index in [1.165, 1.54) is 25.5 Å². The third-order valence-electron chi connectivity index (χ3n) is 3.84. The summed E-state index contributed by atoms with van der Waals surface area (Å²) in [6, 6.07) is 0. The standard InChI is InChI=1S/C22H44O8/c1-3-5-6-7-8-24-11-12-26-15-16-28-19-20-30-22-21-29-18-17-27-14-13-25-10-9-23-4-2/h4H,2-3,5-22H2,1H3. The minimum atomic E-state index is 0.514. The Morgan fingerprint density at radius 1 is 0.433 bits per heavy atom. The van der Waals surface area contributed by atoms with Crippen molar-refractivity contribution in [3.63, 3.8) is 0 Å². The third-order valence-corrected chi connectivity index (χ3v) is 3.84. The van der Waals surface area contributed by atoms with Gasteiger partial charge in [0.25, 0.3) is 0 Å². The lowest BCUT2D eigenvalue weighted by atomic mass is 10.2. The fourth-order valence-electron chi connectivity index (χ4n) is 2.24. The maximum absolute atomic E-state index is 5.50. The van der Waals surface area contributed by atoms with Crippen molar-refractivity contribution in [2.75, 3.05) is 99.1 Å². The number of ether oxygens (including phenoxy) is 8. The molecule has 0 aliphatic heterocycles. The number of hydrogen-bond acceptors (Lipinski definition) is 8. The molecule has 0 aromatic heterocycles. The fraction of sp³-hybridized carbons (Fsp3) is 0.909. The van der Waals surface area contributed by atoms with E-state index in [-0.39, 0.29) is 0 Å². The first-order chi connectivity index (χ1) is 14.9. The van der Waals surface area contributed by atoms with Gasteiger partial charge in [-0.1, -0.05) is 32.8 Å². The lowest BCUT2D eigenvalue weighted by Gasteiger charge is -2.08. The van der Waals surface area contributed by atoms with Crippen LogP contribution in [-0.2, 0) is 37.9 Å². The van der Waals surface area contributed by atoms with E-state index in [2.05, 4.69) is 13.5 Å². The first kappa shape index (κ1) is 29.3. The van der Waals surface area contributed by atoms with E-state index in [1.54, 1.807) is 0 Å². The predicted octanol–water partition coefficient (Wildman–Crippen LogP) is 2.84. The molecular weight excluding hydrogens is 392 g/mol. The largest absolute Gasteiger partial charge is 0.499 e. The summed E-state index contributed by atoms with van der Waals surface area (Å²) in [5.41, 5.74) is 0. The Morgan fingerprint density at radius 3 is 1.10 bits per heavy atom. The van der Waals surface area contributed by atoms with Crippen molar-refractivity contribution < 1.29 is 37.9 Å². The van der Waals surface area contributed by atoms with E-state index in [4.69, 9.17) is 37.9 Å². The molecular formula is C22H44O8. The van der Waals surface area contributed by atoms with Crippen LogP contribution in [0.5, 0.6) is 0 Å². The summed E-state index contributed by atoms with van der Waals surface area (Å²) >= 11 is 0. The van der Waals surface area contributed by atoms with Gasteiger partial charge in [0.2, 0.25) is 0 Å². The van der Waals surface area contributed by atoms with Gasteiger partial charge in [-0.05, 0) is 6.42 Å². The van der Waals surface area contributed by atoms with E-state index in [0.717, 1.165) is 13.0 Å². The van der Waals surface area contributed by atoms with Crippen LogP contribution in [0.25, 0.3) is 0 Å². The van der Waals surface area contributed by atoms with Gasteiger partial charge >= 0.3 is 0 Å². The second-order valence-electron chi connectivity index (χ2n) is 6.38. The Kier molecular flexibility index (Phi) is 27.6. The predicted molar refractivity (Wildman–Crippen MR) is 116 cm³/mol. The van der Waals surface area contributed by atoms with Crippen LogP contribution in [0.15, 0.2) is 12.8 Å². The SMILES string of the molecule is C=COCCOCCOCCOCCOCCOCCOCCOCCCCCC. The van der Waals surface area contributed by atoms with E-state index in [0.29, 0.717) is 92.5 Å². The summed E-state index contributed by atoms with van der Waals surface area (Å²) in [4.78, 5) is 0. The van der Waals surface area contributed by atoms with Gasteiger partial charge in [0, 0.05) is 6.61 Å². The molecule has 0 aliphatic rings. The normalized spacial score (nSPS) is 11.1. The van der Waals surface area contributed by atoms with Crippen molar-refractivity contribution in [3.8, 4) is 0 Å². The second-order valence-corrected chi connectivity index (χ2v) is 6.38. The van der Waals surface area contributed by atoms with Crippen molar-refractivity contribution in [3.05, 3.63) is 12.8 Å². The first-order valence-corrected chi connectivity index (χ1v) is 11.2. The van der Waals surface area contributed by atoms with Crippen LogP contribution >= 0.6 is 0 Å². The van der Waals surface area contributed by atoms with Crippen molar-refractivity contribution in [2.45, 2.75) is 32.6 Å². The molecule has 0 aliphatic carbocycles. The molecule has 0 amide bonds. The molecule has 0 radical (unpaired) electrons. The summed E-state index contributed by atoms with van der Waals surface area (Å²) in [7, 11) is 0. The molecule has 0 N–H and O–H groups in total. The molecule has 8 nitrogen and oxygen atoms in total. The first-order valence-electron chi connectivity index (χ1n) is 11.2. The Hall–Kier alpha value is -0.740. The number of rotatable bonds is 27. The minimum Gasteiger partial charge on any atom is -0.499 e. The van der Waals surface area contributed by atoms with Crippen molar-refractivity contribution in [1.82, 2.24) is 0 Å². The fourth-order valence-corrected chi connectivity index (χ4v) is 2.24. The molecule has 180 valence electrons. The Balaban J connectivity index is 2.98. The molecule has 0 unspecified atom stereocenters. The smallest absolute Gasteiger partial charge is 0.111 e. The minimum absolute atomic E-state index is 0.514. The maximum atomic E-state index is 5.50. The van der Waals surface area contributed by atoms with Crippen LogP contribution in [-0.4, -0.2) is 99.1 Å². The van der Waals surface area contributed by atoms with Crippen LogP contribution < -0.4 is 0 Å². The summed E-state index contributed by atoms with van der Waals surface area (Å²) in [6.07, 6.45) is 6.32. The van der Waals surface area contributed by atoms with Gasteiger partial charge in [-0.15, -0.1) is 0 Å². The molecule has 30 heavy (non-hydrogen) atoms.